The number of carboxylic acids is 1. The predicted molar refractivity (Wildman–Crippen MR) is 54.8 cm³/mol. The lowest BCUT2D eigenvalue weighted by molar-refractivity contribution is -0.137. The van der Waals surface area contributed by atoms with Crippen molar-refractivity contribution in [2.45, 2.75) is 25.3 Å². The summed E-state index contributed by atoms with van der Waals surface area (Å²) in [6, 6.07) is 0.557. The normalized spacial score (nSPS) is 15.9. The molecule has 2 N–H and O–H groups in total. The molecule has 0 bridgehead atoms. The summed E-state index contributed by atoms with van der Waals surface area (Å²) in [5.74, 6) is -0.753. The molecular weight excluding hydrogens is 198 g/mol. The van der Waals surface area contributed by atoms with E-state index < -0.39 is 5.97 Å². The lowest BCUT2D eigenvalue weighted by Crippen LogP contribution is -2.32. The van der Waals surface area contributed by atoms with Gasteiger partial charge in [0.2, 0.25) is 0 Å². The van der Waals surface area contributed by atoms with Crippen LogP contribution in [0.2, 0.25) is 0 Å². The number of aliphatic hydroxyl groups excluding tert-OH is 1. The van der Waals surface area contributed by atoms with Crippen LogP contribution in [0.5, 0.6) is 0 Å². The van der Waals surface area contributed by atoms with E-state index in [1.54, 1.807) is 0 Å². The first-order chi connectivity index (χ1) is 7.24. The summed E-state index contributed by atoms with van der Waals surface area (Å²) in [6.45, 7) is 2.33. The lowest BCUT2D eigenvalue weighted by atomic mass is 10.3. The molecule has 0 radical (unpaired) electrons. The van der Waals surface area contributed by atoms with Crippen molar-refractivity contribution in [2.24, 2.45) is 0 Å². The highest BCUT2D eigenvalue weighted by molar-refractivity contribution is 5.66. The second-order valence-electron chi connectivity index (χ2n) is 3.75. The van der Waals surface area contributed by atoms with Crippen LogP contribution in [0.15, 0.2) is 0 Å². The fourth-order valence-corrected chi connectivity index (χ4v) is 1.50. The highest BCUT2D eigenvalue weighted by Gasteiger charge is 2.28. The van der Waals surface area contributed by atoms with Crippen LogP contribution >= 0.6 is 0 Å². The Kier molecular flexibility index (Phi) is 5.60. The Balaban J connectivity index is 2.10. The van der Waals surface area contributed by atoms with Crippen LogP contribution in [0.3, 0.4) is 0 Å². The molecule has 0 unspecified atom stereocenters. The third kappa shape index (κ3) is 5.71. The smallest absolute Gasteiger partial charge is 0.304 e. The van der Waals surface area contributed by atoms with Crippen molar-refractivity contribution in [1.29, 1.82) is 0 Å². The SMILES string of the molecule is O=C(O)CCN(CCOCCO)C1CC1. The molecule has 0 spiro atoms. The van der Waals surface area contributed by atoms with E-state index >= 15 is 0 Å². The number of hydrogen-bond donors (Lipinski definition) is 2. The number of hydrogen-bond acceptors (Lipinski definition) is 4. The third-order valence-corrected chi connectivity index (χ3v) is 2.43. The van der Waals surface area contributed by atoms with E-state index in [9.17, 15) is 4.79 Å². The maximum atomic E-state index is 10.4. The molecule has 0 heterocycles. The monoisotopic (exact) mass is 217 g/mol. The number of aliphatic hydroxyl groups is 1. The molecule has 0 atom stereocenters. The van der Waals surface area contributed by atoms with E-state index in [0.29, 0.717) is 25.8 Å². The molecule has 1 rings (SSSR count). The van der Waals surface area contributed by atoms with E-state index in [1.165, 1.54) is 12.8 Å². The standard InChI is InChI=1S/C10H19NO4/c12-6-8-15-7-5-11(9-1-2-9)4-3-10(13)14/h9,12H,1-8H2,(H,13,14). The Hall–Kier alpha value is -0.650. The number of carboxylic acid groups (broad SMARTS) is 1. The summed E-state index contributed by atoms with van der Waals surface area (Å²) in [7, 11) is 0. The fourth-order valence-electron chi connectivity index (χ4n) is 1.50. The van der Waals surface area contributed by atoms with Crippen LogP contribution < -0.4 is 0 Å². The zero-order valence-electron chi connectivity index (χ0n) is 8.89. The van der Waals surface area contributed by atoms with Gasteiger partial charge in [0.25, 0.3) is 0 Å². The Morgan fingerprint density at radius 1 is 1.33 bits per heavy atom. The molecule has 88 valence electrons. The average molecular weight is 217 g/mol. The van der Waals surface area contributed by atoms with Gasteiger partial charge in [0.15, 0.2) is 0 Å². The van der Waals surface area contributed by atoms with E-state index in [2.05, 4.69) is 4.90 Å². The lowest BCUT2D eigenvalue weighted by Gasteiger charge is -2.20. The van der Waals surface area contributed by atoms with Gasteiger partial charge in [0.05, 0.1) is 26.2 Å². The minimum absolute atomic E-state index is 0.0402. The number of ether oxygens (including phenoxy) is 1. The highest BCUT2D eigenvalue weighted by Crippen LogP contribution is 2.26. The van der Waals surface area contributed by atoms with Gasteiger partial charge in [-0.1, -0.05) is 0 Å². The average Bonchev–Trinajstić information content (AvgIpc) is 3.00. The van der Waals surface area contributed by atoms with Crippen molar-refractivity contribution in [3.63, 3.8) is 0 Å². The molecule has 1 aliphatic rings. The van der Waals surface area contributed by atoms with Crippen LogP contribution in [0.4, 0.5) is 0 Å². The van der Waals surface area contributed by atoms with Gasteiger partial charge in [0, 0.05) is 19.1 Å². The summed E-state index contributed by atoms with van der Waals surface area (Å²) in [4.78, 5) is 12.6. The van der Waals surface area contributed by atoms with Crippen molar-refractivity contribution in [3.8, 4) is 0 Å². The molecular formula is C10H19NO4. The second kappa shape index (κ2) is 6.76. The van der Waals surface area contributed by atoms with Gasteiger partial charge in [-0.15, -0.1) is 0 Å². The predicted octanol–water partition coefficient (Wildman–Crippen LogP) is -0.0656. The molecule has 0 aromatic heterocycles. The van der Waals surface area contributed by atoms with Crippen molar-refractivity contribution in [3.05, 3.63) is 0 Å². The van der Waals surface area contributed by atoms with Gasteiger partial charge in [-0.2, -0.15) is 0 Å². The zero-order valence-corrected chi connectivity index (χ0v) is 8.89. The molecule has 1 saturated carbocycles. The second-order valence-corrected chi connectivity index (χ2v) is 3.75. The van der Waals surface area contributed by atoms with Gasteiger partial charge >= 0.3 is 5.97 Å². The van der Waals surface area contributed by atoms with Crippen molar-refractivity contribution in [1.82, 2.24) is 4.90 Å². The fraction of sp³-hybridized carbons (Fsp3) is 0.900. The summed E-state index contributed by atoms with van der Waals surface area (Å²) >= 11 is 0. The first kappa shape index (κ1) is 12.4. The van der Waals surface area contributed by atoms with Crippen LogP contribution in [0, 0.1) is 0 Å². The van der Waals surface area contributed by atoms with Crippen LogP contribution in [-0.4, -0.2) is 60.0 Å². The highest BCUT2D eigenvalue weighted by atomic mass is 16.5. The van der Waals surface area contributed by atoms with Crippen molar-refractivity contribution in [2.75, 3.05) is 32.9 Å². The summed E-state index contributed by atoms with van der Waals surface area (Å²) in [5.41, 5.74) is 0. The van der Waals surface area contributed by atoms with Crippen LogP contribution in [0.25, 0.3) is 0 Å². The Bertz CT molecular complexity index is 194. The molecule has 5 heteroatoms. The number of carbonyl (C=O) groups is 1. The molecule has 0 aromatic carbocycles. The van der Waals surface area contributed by atoms with Gasteiger partial charge in [-0.25, -0.2) is 0 Å². The molecule has 0 saturated heterocycles. The van der Waals surface area contributed by atoms with Gasteiger partial charge in [0.1, 0.15) is 0 Å². The molecule has 0 aliphatic heterocycles. The van der Waals surface area contributed by atoms with E-state index in [0.717, 1.165) is 6.54 Å². The molecule has 15 heavy (non-hydrogen) atoms. The minimum atomic E-state index is -0.753. The Morgan fingerprint density at radius 3 is 2.60 bits per heavy atom. The maximum Gasteiger partial charge on any atom is 0.304 e. The Morgan fingerprint density at radius 2 is 2.07 bits per heavy atom. The quantitative estimate of drug-likeness (QED) is 0.529. The molecule has 5 nitrogen and oxygen atoms in total. The maximum absolute atomic E-state index is 10.4. The number of nitrogens with zero attached hydrogens (tertiary/aromatic N) is 1. The van der Waals surface area contributed by atoms with Gasteiger partial charge in [-0.05, 0) is 12.8 Å². The van der Waals surface area contributed by atoms with E-state index in [1.807, 2.05) is 0 Å². The topological polar surface area (TPSA) is 70.0 Å². The van der Waals surface area contributed by atoms with E-state index in [-0.39, 0.29) is 13.0 Å². The van der Waals surface area contributed by atoms with Gasteiger partial charge in [-0.3, -0.25) is 9.69 Å². The van der Waals surface area contributed by atoms with Gasteiger partial charge < -0.3 is 14.9 Å². The summed E-state index contributed by atoms with van der Waals surface area (Å²) in [5, 5.41) is 17.1. The van der Waals surface area contributed by atoms with Crippen molar-refractivity contribution < 1.29 is 19.7 Å². The number of rotatable bonds is 9. The molecule has 0 amide bonds. The third-order valence-electron chi connectivity index (χ3n) is 2.43. The number of aliphatic carboxylic acids is 1. The van der Waals surface area contributed by atoms with Crippen LogP contribution in [0.1, 0.15) is 19.3 Å². The van der Waals surface area contributed by atoms with Crippen molar-refractivity contribution >= 4 is 5.97 Å². The summed E-state index contributed by atoms with van der Waals surface area (Å²) in [6.07, 6.45) is 2.52. The molecule has 0 aromatic rings. The van der Waals surface area contributed by atoms with Crippen LogP contribution in [-0.2, 0) is 9.53 Å². The zero-order chi connectivity index (χ0) is 11.1. The minimum Gasteiger partial charge on any atom is -0.481 e. The Labute approximate surface area is 89.6 Å². The first-order valence-corrected chi connectivity index (χ1v) is 5.38. The molecule has 1 aliphatic carbocycles. The first-order valence-electron chi connectivity index (χ1n) is 5.38. The van der Waals surface area contributed by atoms with E-state index in [4.69, 9.17) is 14.9 Å². The largest absolute Gasteiger partial charge is 0.481 e. The molecule has 1 fully saturated rings. The summed E-state index contributed by atoms with van der Waals surface area (Å²) < 4.78 is 5.16.